The molecule has 0 aliphatic rings. The molecule has 1 rings (SSSR count). The maximum atomic E-state index is 11.6. The van der Waals surface area contributed by atoms with E-state index in [-0.39, 0.29) is 12.1 Å². The van der Waals surface area contributed by atoms with Gasteiger partial charge in [0.2, 0.25) is 0 Å². The van der Waals surface area contributed by atoms with Crippen LogP contribution in [0.4, 0.5) is 5.69 Å². The number of hydrogen-bond donors (Lipinski definition) is 2. The number of rotatable bonds is 5. The van der Waals surface area contributed by atoms with Crippen LogP contribution in [0.2, 0.25) is 0 Å². The van der Waals surface area contributed by atoms with Gasteiger partial charge in [-0.05, 0) is 18.2 Å². The van der Waals surface area contributed by atoms with Gasteiger partial charge in [0.1, 0.15) is 12.3 Å². The molecule has 0 saturated carbocycles. The van der Waals surface area contributed by atoms with E-state index in [2.05, 4.69) is 5.32 Å². The summed E-state index contributed by atoms with van der Waals surface area (Å²) in [4.78, 5) is 22.8. The molecule has 0 fully saturated rings. The Morgan fingerprint density at radius 1 is 1.47 bits per heavy atom. The van der Waals surface area contributed by atoms with Gasteiger partial charge < -0.3 is 20.5 Å². The third-order valence-corrected chi connectivity index (χ3v) is 2.17. The van der Waals surface area contributed by atoms with Crippen molar-refractivity contribution >= 4 is 17.6 Å². The minimum Gasteiger partial charge on any atom is -0.495 e. The van der Waals surface area contributed by atoms with Gasteiger partial charge in [-0.25, -0.2) is 4.79 Å². The van der Waals surface area contributed by atoms with Crippen LogP contribution in [0.3, 0.4) is 0 Å². The van der Waals surface area contributed by atoms with Crippen LogP contribution in [0.25, 0.3) is 0 Å². The zero-order chi connectivity index (χ0) is 14.3. The number of nitriles is 1. The highest BCUT2D eigenvalue weighted by Crippen LogP contribution is 2.22. The topological polar surface area (TPSA) is 114 Å². The number of nitrogens with zero attached hydrogens (tertiary/aromatic N) is 1. The van der Waals surface area contributed by atoms with Crippen molar-refractivity contribution in [2.75, 3.05) is 26.0 Å². The lowest BCUT2D eigenvalue weighted by Crippen LogP contribution is -2.29. The molecule has 7 heteroatoms. The molecule has 19 heavy (non-hydrogen) atoms. The van der Waals surface area contributed by atoms with Gasteiger partial charge in [-0.2, -0.15) is 5.26 Å². The van der Waals surface area contributed by atoms with Crippen molar-refractivity contribution in [3.63, 3.8) is 0 Å². The number of esters is 1. The van der Waals surface area contributed by atoms with Gasteiger partial charge in [-0.15, -0.1) is 0 Å². The second-order valence-corrected chi connectivity index (χ2v) is 3.47. The van der Waals surface area contributed by atoms with E-state index in [1.807, 2.05) is 0 Å². The number of carbonyl (C=O) groups is 2. The van der Waals surface area contributed by atoms with Crippen LogP contribution >= 0.6 is 0 Å². The Morgan fingerprint density at radius 2 is 2.21 bits per heavy atom. The second-order valence-electron chi connectivity index (χ2n) is 3.47. The molecule has 1 aromatic rings. The predicted molar refractivity (Wildman–Crippen MR) is 66.3 cm³/mol. The number of methoxy groups -OCH3 is 1. The molecule has 0 spiro atoms. The zero-order valence-corrected chi connectivity index (χ0v) is 10.3. The number of hydrogen-bond acceptors (Lipinski definition) is 6. The third-order valence-electron chi connectivity index (χ3n) is 2.17. The van der Waals surface area contributed by atoms with E-state index in [0.29, 0.717) is 11.4 Å². The lowest BCUT2D eigenvalue weighted by Gasteiger charge is -2.07. The molecule has 0 saturated heterocycles. The molecule has 0 bridgehead atoms. The summed E-state index contributed by atoms with van der Waals surface area (Å²) >= 11 is 0. The van der Waals surface area contributed by atoms with Crippen LogP contribution in [-0.2, 0) is 9.53 Å². The molecule has 1 aromatic carbocycles. The van der Waals surface area contributed by atoms with Crippen LogP contribution in [0, 0.1) is 11.3 Å². The summed E-state index contributed by atoms with van der Waals surface area (Å²) in [5.41, 5.74) is 6.22. The van der Waals surface area contributed by atoms with Crippen LogP contribution < -0.4 is 15.8 Å². The molecular formula is C12H13N3O4. The molecule has 0 aliphatic heterocycles. The summed E-state index contributed by atoms with van der Waals surface area (Å²) in [7, 11) is 1.43. The van der Waals surface area contributed by atoms with Crippen LogP contribution in [-0.4, -0.2) is 32.1 Å². The van der Waals surface area contributed by atoms with E-state index in [1.165, 1.54) is 25.3 Å². The standard InChI is InChI=1S/C12H13N3O4/c1-18-10-6-8(2-3-9(10)14)12(17)19-7-11(16)15-5-4-13/h2-3,6H,5,7,14H2,1H3,(H,15,16). The Labute approximate surface area is 109 Å². The number of nitrogens with one attached hydrogen (secondary N) is 1. The molecule has 0 aliphatic carbocycles. The smallest absolute Gasteiger partial charge is 0.338 e. The van der Waals surface area contributed by atoms with Gasteiger partial charge in [-0.1, -0.05) is 0 Å². The largest absolute Gasteiger partial charge is 0.495 e. The summed E-state index contributed by atoms with van der Waals surface area (Å²) in [6, 6.07) is 6.13. The highest BCUT2D eigenvalue weighted by Gasteiger charge is 2.12. The second kappa shape index (κ2) is 6.86. The summed E-state index contributed by atoms with van der Waals surface area (Å²) < 4.78 is 9.74. The van der Waals surface area contributed by atoms with E-state index in [9.17, 15) is 9.59 Å². The molecular weight excluding hydrogens is 250 g/mol. The van der Waals surface area contributed by atoms with Crippen molar-refractivity contribution < 1.29 is 19.1 Å². The lowest BCUT2D eigenvalue weighted by atomic mass is 10.2. The van der Waals surface area contributed by atoms with Gasteiger partial charge in [0, 0.05) is 0 Å². The Morgan fingerprint density at radius 3 is 2.84 bits per heavy atom. The average molecular weight is 263 g/mol. The van der Waals surface area contributed by atoms with E-state index >= 15 is 0 Å². The van der Waals surface area contributed by atoms with Gasteiger partial charge >= 0.3 is 5.97 Å². The minimum absolute atomic E-state index is 0.133. The Bertz CT molecular complexity index is 522. The normalized spacial score (nSPS) is 9.26. The molecule has 3 N–H and O–H groups in total. The Hall–Kier alpha value is -2.75. The van der Waals surface area contributed by atoms with Crippen molar-refractivity contribution in [2.45, 2.75) is 0 Å². The van der Waals surface area contributed by atoms with Gasteiger partial charge in [0.15, 0.2) is 6.61 Å². The van der Waals surface area contributed by atoms with Crippen LogP contribution in [0.5, 0.6) is 5.75 Å². The Kier molecular flexibility index (Phi) is 5.17. The summed E-state index contributed by atoms with van der Waals surface area (Å²) in [5, 5.41) is 10.5. The van der Waals surface area contributed by atoms with Gasteiger partial charge in [-0.3, -0.25) is 4.79 Å². The highest BCUT2D eigenvalue weighted by atomic mass is 16.5. The summed E-state index contributed by atoms with van der Waals surface area (Å²) in [6.45, 7) is -0.584. The number of nitrogen functional groups attached to an aromatic ring is 1. The first-order chi connectivity index (χ1) is 9.08. The molecule has 0 unspecified atom stereocenters. The molecule has 1 amide bonds. The predicted octanol–water partition coefficient (Wildman–Crippen LogP) is 0.0740. The summed E-state index contributed by atoms with van der Waals surface area (Å²) in [6.07, 6.45) is 0. The maximum Gasteiger partial charge on any atom is 0.338 e. The Balaban J connectivity index is 2.59. The fraction of sp³-hybridized carbons (Fsp3) is 0.250. The molecule has 7 nitrogen and oxygen atoms in total. The third kappa shape index (κ3) is 4.20. The van der Waals surface area contributed by atoms with Gasteiger partial charge in [0.05, 0.1) is 24.4 Å². The van der Waals surface area contributed by atoms with Crippen molar-refractivity contribution in [3.8, 4) is 11.8 Å². The number of amides is 1. The minimum atomic E-state index is -0.676. The lowest BCUT2D eigenvalue weighted by molar-refractivity contribution is -0.123. The average Bonchev–Trinajstić information content (AvgIpc) is 2.42. The van der Waals surface area contributed by atoms with E-state index in [1.54, 1.807) is 6.07 Å². The van der Waals surface area contributed by atoms with Gasteiger partial charge in [0.25, 0.3) is 5.91 Å². The highest BCUT2D eigenvalue weighted by molar-refractivity contribution is 5.92. The van der Waals surface area contributed by atoms with Crippen molar-refractivity contribution in [1.29, 1.82) is 5.26 Å². The molecule has 0 atom stereocenters. The zero-order valence-electron chi connectivity index (χ0n) is 10.3. The van der Waals surface area contributed by atoms with Crippen LogP contribution in [0.15, 0.2) is 18.2 Å². The van der Waals surface area contributed by atoms with Crippen molar-refractivity contribution in [3.05, 3.63) is 23.8 Å². The summed E-state index contributed by atoms with van der Waals surface area (Å²) in [5.74, 6) is -0.869. The molecule has 100 valence electrons. The number of nitrogens with two attached hydrogens (primary N) is 1. The van der Waals surface area contributed by atoms with E-state index < -0.39 is 18.5 Å². The number of carbonyl (C=O) groups excluding carboxylic acids is 2. The molecule has 0 aromatic heterocycles. The molecule has 0 heterocycles. The SMILES string of the molecule is COc1cc(C(=O)OCC(=O)NCC#N)ccc1N. The number of benzene rings is 1. The quantitative estimate of drug-likeness (QED) is 0.441. The monoisotopic (exact) mass is 263 g/mol. The maximum absolute atomic E-state index is 11.6. The first-order valence-electron chi connectivity index (χ1n) is 5.32. The number of anilines is 1. The first-order valence-corrected chi connectivity index (χ1v) is 5.32. The molecule has 0 radical (unpaired) electrons. The fourth-order valence-corrected chi connectivity index (χ4v) is 1.24. The van der Waals surface area contributed by atoms with Crippen LogP contribution in [0.1, 0.15) is 10.4 Å². The first kappa shape index (κ1) is 14.3. The fourth-order valence-electron chi connectivity index (χ4n) is 1.24. The van der Waals surface area contributed by atoms with Crippen molar-refractivity contribution in [2.24, 2.45) is 0 Å². The number of ether oxygens (including phenoxy) is 2. The van der Waals surface area contributed by atoms with Crippen molar-refractivity contribution in [1.82, 2.24) is 5.32 Å². The van der Waals surface area contributed by atoms with E-state index in [0.717, 1.165) is 0 Å². The van der Waals surface area contributed by atoms with E-state index in [4.69, 9.17) is 20.5 Å².